The number of thioether (sulfide) groups is 1. The Kier molecular flexibility index (Phi) is 7.50. The molecule has 1 saturated carbocycles. The smallest absolute Gasteiger partial charge is 0.233 e. The molecule has 2 aromatic rings. The van der Waals surface area contributed by atoms with Crippen LogP contribution in [0.25, 0.3) is 5.69 Å². The van der Waals surface area contributed by atoms with Crippen LogP contribution in [0.4, 0.5) is 5.95 Å². The van der Waals surface area contributed by atoms with Crippen LogP contribution in [0, 0.1) is 0 Å². The first kappa shape index (κ1) is 22.1. The molecule has 1 aromatic heterocycles. The van der Waals surface area contributed by atoms with E-state index in [2.05, 4.69) is 50.5 Å². The molecule has 1 saturated heterocycles. The number of ether oxygens (including phenoxy) is 1. The molecular weight excluding hydrogens is 410 g/mol. The summed E-state index contributed by atoms with van der Waals surface area (Å²) in [5.41, 5.74) is 1.01. The molecule has 7 nitrogen and oxygen atoms in total. The minimum Gasteiger partial charge on any atom is -0.378 e. The van der Waals surface area contributed by atoms with Crippen LogP contribution in [-0.4, -0.2) is 69.7 Å². The molecule has 168 valence electrons. The number of nitrogens with zero attached hydrogens (tertiary/aromatic N) is 5. The van der Waals surface area contributed by atoms with Gasteiger partial charge in [-0.2, -0.15) is 0 Å². The summed E-state index contributed by atoms with van der Waals surface area (Å²) in [6.45, 7) is 7.20. The Bertz CT molecular complexity index is 845. The maximum Gasteiger partial charge on any atom is 0.233 e. The maximum atomic E-state index is 13.2. The SMILES string of the molecule is CC(C)N(C(=O)CSc1nnc(N2CCOCC2)n1-c1ccccc1)C1CCCCC1. The Morgan fingerprint density at radius 3 is 2.52 bits per heavy atom. The van der Waals surface area contributed by atoms with E-state index in [1.807, 2.05) is 18.2 Å². The molecule has 0 spiro atoms. The highest BCUT2D eigenvalue weighted by atomic mass is 32.2. The second kappa shape index (κ2) is 10.5. The first-order chi connectivity index (χ1) is 15.1. The Labute approximate surface area is 189 Å². The van der Waals surface area contributed by atoms with Crippen molar-refractivity contribution in [3.05, 3.63) is 30.3 Å². The van der Waals surface area contributed by atoms with E-state index in [-0.39, 0.29) is 11.9 Å². The standard InChI is InChI=1S/C23H33N5O2S/c1-18(2)27(19-9-5-3-6-10-19)21(29)17-31-23-25-24-22(26-13-15-30-16-14-26)28(23)20-11-7-4-8-12-20/h4,7-8,11-12,18-19H,3,5-6,9-10,13-17H2,1-2H3. The average molecular weight is 444 g/mol. The lowest BCUT2D eigenvalue weighted by Crippen LogP contribution is -2.46. The van der Waals surface area contributed by atoms with E-state index in [1.54, 1.807) is 0 Å². The maximum absolute atomic E-state index is 13.2. The molecule has 2 aliphatic rings. The van der Waals surface area contributed by atoms with Gasteiger partial charge in [0.05, 0.1) is 24.7 Å². The second-order valence-corrected chi connectivity index (χ2v) is 9.47. The quantitative estimate of drug-likeness (QED) is 0.607. The molecule has 1 aliphatic heterocycles. The Balaban J connectivity index is 1.53. The zero-order chi connectivity index (χ0) is 21.6. The van der Waals surface area contributed by atoms with Crippen LogP contribution < -0.4 is 4.90 Å². The van der Waals surface area contributed by atoms with E-state index in [0.29, 0.717) is 25.0 Å². The van der Waals surface area contributed by atoms with Crippen molar-refractivity contribution in [2.24, 2.45) is 0 Å². The summed E-state index contributed by atoms with van der Waals surface area (Å²) in [6, 6.07) is 10.7. The average Bonchev–Trinajstić information content (AvgIpc) is 3.23. The minimum absolute atomic E-state index is 0.197. The molecule has 0 unspecified atom stereocenters. The van der Waals surface area contributed by atoms with Gasteiger partial charge >= 0.3 is 0 Å². The molecule has 0 bridgehead atoms. The third-order valence-corrected chi connectivity index (χ3v) is 6.98. The van der Waals surface area contributed by atoms with Gasteiger partial charge in [-0.1, -0.05) is 49.2 Å². The van der Waals surface area contributed by atoms with E-state index in [9.17, 15) is 4.79 Å². The number of carbonyl (C=O) groups excluding carboxylic acids is 1. The zero-order valence-electron chi connectivity index (χ0n) is 18.6. The van der Waals surface area contributed by atoms with Gasteiger partial charge < -0.3 is 14.5 Å². The highest BCUT2D eigenvalue weighted by Gasteiger charge is 2.28. The summed E-state index contributed by atoms with van der Waals surface area (Å²) in [7, 11) is 0. The molecular formula is C23H33N5O2S. The lowest BCUT2D eigenvalue weighted by molar-refractivity contribution is -0.133. The number of hydrogen-bond acceptors (Lipinski definition) is 6. The van der Waals surface area contributed by atoms with Crippen molar-refractivity contribution in [3.8, 4) is 5.69 Å². The largest absolute Gasteiger partial charge is 0.378 e. The molecule has 0 N–H and O–H groups in total. The molecule has 0 atom stereocenters. The molecule has 1 amide bonds. The molecule has 31 heavy (non-hydrogen) atoms. The van der Waals surface area contributed by atoms with Gasteiger partial charge in [0.1, 0.15) is 0 Å². The molecule has 4 rings (SSSR count). The van der Waals surface area contributed by atoms with Crippen LogP contribution in [0.1, 0.15) is 46.0 Å². The second-order valence-electron chi connectivity index (χ2n) is 8.53. The highest BCUT2D eigenvalue weighted by molar-refractivity contribution is 7.99. The van der Waals surface area contributed by atoms with Crippen LogP contribution in [0.3, 0.4) is 0 Å². The van der Waals surface area contributed by atoms with Gasteiger partial charge in [-0.3, -0.25) is 9.36 Å². The van der Waals surface area contributed by atoms with Gasteiger partial charge in [-0.05, 0) is 38.8 Å². The number of aromatic nitrogens is 3. The van der Waals surface area contributed by atoms with Crippen molar-refractivity contribution in [2.45, 2.75) is 63.2 Å². The summed E-state index contributed by atoms with van der Waals surface area (Å²) in [5.74, 6) is 1.39. The lowest BCUT2D eigenvalue weighted by atomic mass is 9.93. The van der Waals surface area contributed by atoms with Crippen LogP contribution in [0.2, 0.25) is 0 Å². The highest BCUT2D eigenvalue weighted by Crippen LogP contribution is 2.29. The summed E-state index contributed by atoms with van der Waals surface area (Å²) < 4.78 is 7.58. The van der Waals surface area contributed by atoms with Crippen molar-refractivity contribution in [1.82, 2.24) is 19.7 Å². The number of para-hydroxylation sites is 1. The third-order valence-electron chi connectivity index (χ3n) is 6.06. The molecule has 0 radical (unpaired) electrons. The van der Waals surface area contributed by atoms with Crippen LogP contribution in [-0.2, 0) is 9.53 Å². The van der Waals surface area contributed by atoms with E-state index in [4.69, 9.17) is 4.74 Å². The fourth-order valence-corrected chi connectivity index (χ4v) is 5.42. The van der Waals surface area contributed by atoms with E-state index < -0.39 is 0 Å². The van der Waals surface area contributed by atoms with Crippen molar-refractivity contribution in [2.75, 3.05) is 37.0 Å². The molecule has 1 aromatic carbocycles. The first-order valence-electron chi connectivity index (χ1n) is 11.4. The summed E-state index contributed by atoms with van der Waals surface area (Å²) in [4.78, 5) is 17.5. The first-order valence-corrected chi connectivity index (χ1v) is 12.4. The number of carbonyl (C=O) groups is 1. The van der Waals surface area contributed by atoms with Crippen molar-refractivity contribution in [1.29, 1.82) is 0 Å². The number of amides is 1. The minimum atomic E-state index is 0.197. The number of rotatable bonds is 7. The normalized spacial score (nSPS) is 17.8. The van der Waals surface area contributed by atoms with Crippen molar-refractivity contribution < 1.29 is 9.53 Å². The Morgan fingerprint density at radius 2 is 1.84 bits per heavy atom. The third kappa shape index (κ3) is 5.23. The molecule has 1 aliphatic carbocycles. The predicted octanol–water partition coefficient (Wildman–Crippen LogP) is 3.77. The molecule has 8 heteroatoms. The van der Waals surface area contributed by atoms with Gasteiger partial charge in [0.15, 0.2) is 5.16 Å². The lowest BCUT2D eigenvalue weighted by Gasteiger charge is -2.37. The van der Waals surface area contributed by atoms with Crippen LogP contribution in [0.5, 0.6) is 0 Å². The number of benzene rings is 1. The van der Waals surface area contributed by atoms with Gasteiger partial charge in [-0.15, -0.1) is 10.2 Å². The van der Waals surface area contributed by atoms with Gasteiger partial charge in [0.2, 0.25) is 11.9 Å². The Morgan fingerprint density at radius 1 is 1.13 bits per heavy atom. The summed E-state index contributed by atoms with van der Waals surface area (Å²) >= 11 is 1.48. The summed E-state index contributed by atoms with van der Waals surface area (Å²) in [6.07, 6.45) is 5.97. The Hall–Kier alpha value is -2.06. The molecule has 2 fully saturated rings. The number of morpholine rings is 1. The monoisotopic (exact) mass is 443 g/mol. The van der Waals surface area contributed by atoms with Gasteiger partial charge in [0.25, 0.3) is 0 Å². The van der Waals surface area contributed by atoms with Gasteiger partial charge in [0, 0.05) is 25.2 Å². The topological polar surface area (TPSA) is 63.5 Å². The predicted molar refractivity (Wildman–Crippen MR) is 124 cm³/mol. The fraction of sp³-hybridized carbons (Fsp3) is 0.609. The number of hydrogen-bond donors (Lipinski definition) is 0. The van der Waals surface area contributed by atoms with Crippen LogP contribution in [0.15, 0.2) is 35.5 Å². The van der Waals surface area contributed by atoms with E-state index in [0.717, 1.165) is 42.7 Å². The number of anilines is 1. The van der Waals surface area contributed by atoms with E-state index >= 15 is 0 Å². The van der Waals surface area contributed by atoms with Gasteiger partial charge in [-0.25, -0.2) is 0 Å². The van der Waals surface area contributed by atoms with Crippen LogP contribution >= 0.6 is 11.8 Å². The van der Waals surface area contributed by atoms with E-state index in [1.165, 1.54) is 31.0 Å². The zero-order valence-corrected chi connectivity index (χ0v) is 19.4. The molecule has 2 heterocycles. The fourth-order valence-electron chi connectivity index (χ4n) is 4.60. The van der Waals surface area contributed by atoms with Crippen molar-refractivity contribution >= 4 is 23.6 Å². The van der Waals surface area contributed by atoms with Crippen molar-refractivity contribution in [3.63, 3.8) is 0 Å². The summed E-state index contributed by atoms with van der Waals surface area (Å²) in [5, 5.41) is 9.74.